The summed E-state index contributed by atoms with van der Waals surface area (Å²) in [5.74, 6) is -0.0825. The predicted octanol–water partition coefficient (Wildman–Crippen LogP) is 2.62. The van der Waals surface area contributed by atoms with Crippen LogP contribution in [0.2, 0.25) is 0 Å². The highest BCUT2D eigenvalue weighted by atomic mass is 16.3. The van der Waals surface area contributed by atoms with E-state index in [0.29, 0.717) is 12.0 Å². The van der Waals surface area contributed by atoms with E-state index in [9.17, 15) is 10.2 Å². The first-order chi connectivity index (χ1) is 7.40. The molecule has 3 heteroatoms. The van der Waals surface area contributed by atoms with Crippen LogP contribution in [0.5, 0.6) is 11.5 Å². The molecular formula is C13H21NO2. The lowest BCUT2D eigenvalue weighted by Gasteiger charge is -2.18. The van der Waals surface area contributed by atoms with Gasteiger partial charge in [-0.15, -0.1) is 0 Å². The van der Waals surface area contributed by atoms with E-state index in [4.69, 9.17) is 0 Å². The van der Waals surface area contributed by atoms with E-state index >= 15 is 0 Å². The zero-order valence-corrected chi connectivity index (χ0v) is 10.2. The van der Waals surface area contributed by atoms with Crippen LogP contribution in [0.1, 0.15) is 32.8 Å². The van der Waals surface area contributed by atoms with Crippen molar-refractivity contribution in [3.63, 3.8) is 0 Å². The van der Waals surface area contributed by atoms with Crippen LogP contribution in [-0.2, 0) is 6.54 Å². The van der Waals surface area contributed by atoms with E-state index in [1.165, 1.54) is 6.07 Å². The molecule has 90 valence electrons. The zero-order chi connectivity index (χ0) is 12.2. The average Bonchev–Trinajstić information content (AvgIpc) is 2.17. The molecule has 3 nitrogen and oxygen atoms in total. The fourth-order valence-electron chi connectivity index (χ4n) is 1.41. The van der Waals surface area contributed by atoms with Gasteiger partial charge in [-0.05, 0) is 24.4 Å². The van der Waals surface area contributed by atoms with Crippen molar-refractivity contribution in [2.45, 2.75) is 33.7 Å². The van der Waals surface area contributed by atoms with Gasteiger partial charge in [-0.1, -0.05) is 32.9 Å². The molecule has 0 aliphatic heterocycles. The van der Waals surface area contributed by atoms with E-state index in [-0.39, 0.29) is 11.5 Å². The molecule has 1 aromatic rings. The number of aromatic hydroxyl groups is 2. The number of nitrogens with one attached hydrogen (secondary N) is 1. The number of para-hydroxylation sites is 1. The van der Waals surface area contributed by atoms with Crippen molar-refractivity contribution in [2.24, 2.45) is 5.41 Å². The van der Waals surface area contributed by atoms with Crippen molar-refractivity contribution in [2.75, 3.05) is 6.54 Å². The average molecular weight is 223 g/mol. The van der Waals surface area contributed by atoms with Gasteiger partial charge in [0.1, 0.15) is 0 Å². The Hall–Kier alpha value is -1.22. The summed E-state index contributed by atoms with van der Waals surface area (Å²) in [6.07, 6.45) is 1.08. The van der Waals surface area contributed by atoms with E-state index in [0.717, 1.165) is 18.5 Å². The highest BCUT2D eigenvalue weighted by Crippen LogP contribution is 2.27. The Morgan fingerprint density at radius 3 is 2.50 bits per heavy atom. The van der Waals surface area contributed by atoms with Gasteiger partial charge in [0.25, 0.3) is 0 Å². The summed E-state index contributed by atoms with van der Waals surface area (Å²) in [5, 5.41) is 22.1. The number of phenolic OH excluding ortho intramolecular Hbond substituents is 2. The number of benzene rings is 1. The third kappa shape index (κ3) is 4.11. The van der Waals surface area contributed by atoms with Gasteiger partial charge >= 0.3 is 0 Å². The third-order valence-electron chi connectivity index (χ3n) is 2.47. The van der Waals surface area contributed by atoms with E-state index < -0.39 is 0 Å². The fourth-order valence-corrected chi connectivity index (χ4v) is 1.41. The second-order valence-electron chi connectivity index (χ2n) is 5.27. The Balaban J connectivity index is 2.41. The molecule has 16 heavy (non-hydrogen) atoms. The summed E-state index contributed by atoms with van der Waals surface area (Å²) in [5.41, 5.74) is 1.04. The van der Waals surface area contributed by atoms with Crippen LogP contribution < -0.4 is 5.32 Å². The van der Waals surface area contributed by atoms with Gasteiger partial charge < -0.3 is 15.5 Å². The maximum atomic E-state index is 9.57. The Morgan fingerprint density at radius 1 is 1.19 bits per heavy atom. The highest BCUT2D eigenvalue weighted by Gasteiger charge is 2.09. The molecule has 0 spiro atoms. The van der Waals surface area contributed by atoms with Crippen LogP contribution in [0.4, 0.5) is 0 Å². The number of phenols is 2. The van der Waals surface area contributed by atoms with Gasteiger partial charge in [0.2, 0.25) is 0 Å². The minimum absolute atomic E-state index is 0.0224. The first kappa shape index (κ1) is 12.8. The molecule has 0 radical (unpaired) electrons. The lowest BCUT2D eigenvalue weighted by atomic mass is 9.92. The molecular weight excluding hydrogens is 202 g/mol. The number of hydrogen-bond acceptors (Lipinski definition) is 3. The van der Waals surface area contributed by atoms with Crippen LogP contribution in [0, 0.1) is 5.41 Å². The van der Waals surface area contributed by atoms with Crippen LogP contribution in [-0.4, -0.2) is 16.8 Å². The first-order valence-corrected chi connectivity index (χ1v) is 5.61. The minimum Gasteiger partial charge on any atom is -0.504 e. The monoisotopic (exact) mass is 223 g/mol. The van der Waals surface area contributed by atoms with Crippen LogP contribution in [0.3, 0.4) is 0 Å². The molecule has 0 fully saturated rings. The summed E-state index contributed by atoms with van der Waals surface area (Å²) in [4.78, 5) is 0. The summed E-state index contributed by atoms with van der Waals surface area (Å²) in [6, 6.07) is 5.02. The molecule has 0 aliphatic rings. The topological polar surface area (TPSA) is 52.5 Å². The van der Waals surface area contributed by atoms with Crippen molar-refractivity contribution in [1.82, 2.24) is 5.32 Å². The van der Waals surface area contributed by atoms with Crippen molar-refractivity contribution >= 4 is 0 Å². The van der Waals surface area contributed by atoms with Crippen molar-refractivity contribution in [3.8, 4) is 11.5 Å². The third-order valence-corrected chi connectivity index (χ3v) is 2.47. The van der Waals surface area contributed by atoms with Gasteiger partial charge in [-0.25, -0.2) is 0 Å². The van der Waals surface area contributed by atoms with E-state index in [1.54, 1.807) is 12.1 Å². The van der Waals surface area contributed by atoms with Gasteiger partial charge in [0.15, 0.2) is 11.5 Å². The van der Waals surface area contributed by atoms with Crippen molar-refractivity contribution in [1.29, 1.82) is 0 Å². The van der Waals surface area contributed by atoms with Gasteiger partial charge in [-0.3, -0.25) is 0 Å². The molecule has 0 atom stereocenters. The largest absolute Gasteiger partial charge is 0.504 e. The molecule has 0 amide bonds. The van der Waals surface area contributed by atoms with Crippen LogP contribution in [0.15, 0.2) is 18.2 Å². The molecule has 0 bridgehead atoms. The minimum atomic E-state index is -0.0601. The SMILES string of the molecule is CC(C)(C)CCNCc1cccc(O)c1O. The summed E-state index contributed by atoms with van der Waals surface area (Å²) in [7, 11) is 0. The molecule has 0 heterocycles. The molecule has 0 saturated carbocycles. The second-order valence-corrected chi connectivity index (χ2v) is 5.27. The first-order valence-electron chi connectivity index (χ1n) is 5.61. The molecule has 1 aromatic carbocycles. The lowest BCUT2D eigenvalue weighted by Crippen LogP contribution is -2.20. The second kappa shape index (κ2) is 5.21. The predicted molar refractivity (Wildman–Crippen MR) is 65.6 cm³/mol. The van der Waals surface area contributed by atoms with Crippen LogP contribution >= 0.6 is 0 Å². The zero-order valence-electron chi connectivity index (χ0n) is 10.2. The Kier molecular flexibility index (Phi) is 4.19. The molecule has 0 aliphatic carbocycles. The Labute approximate surface area is 97.1 Å². The molecule has 3 N–H and O–H groups in total. The molecule has 1 rings (SSSR count). The molecule has 0 saturated heterocycles. The number of hydrogen-bond donors (Lipinski definition) is 3. The van der Waals surface area contributed by atoms with Crippen LogP contribution in [0.25, 0.3) is 0 Å². The summed E-state index contributed by atoms with van der Waals surface area (Å²) in [6.45, 7) is 8.07. The Morgan fingerprint density at radius 2 is 1.88 bits per heavy atom. The standard InChI is InChI=1S/C13H21NO2/c1-13(2,3)7-8-14-9-10-5-4-6-11(15)12(10)16/h4-6,14-16H,7-9H2,1-3H3. The highest BCUT2D eigenvalue weighted by molar-refractivity contribution is 5.44. The molecule has 0 unspecified atom stereocenters. The van der Waals surface area contributed by atoms with E-state index in [2.05, 4.69) is 26.1 Å². The molecule has 0 aromatic heterocycles. The van der Waals surface area contributed by atoms with E-state index in [1.807, 2.05) is 0 Å². The maximum absolute atomic E-state index is 9.57. The fraction of sp³-hybridized carbons (Fsp3) is 0.538. The Bertz CT molecular complexity index is 342. The number of rotatable bonds is 4. The quantitative estimate of drug-likeness (QED) is 0.543. The maximum Gasteiger partial charge on any atom is 0.161 e. The van der Waals surface area contributed by atoms with Crippen molar-refractivity contribution in [3.05, 3.63) is 23.8 Å². The summed E-state index contributed by atoms with van der Waals surface area (Å²) < 4.78 is 0. The smallest absolute Gasteiger partial charge is 0.161 e. The van der Waals surface area contributed by atoms with Crippen molar-refractivity contribution < 1.29 is 10.2 Å². The normalized spacial score (nSPS) is 11.7. The summed E-state index contributed by atoms with van der Waals surface area (Å²) >= 11 is 0. The lowest BCUT2D eigenvalue weighted by molar-refractivity contribution is 0.364. The van der Waals surface area contributed by atoms with Gasteiger partial charge in [0.05, 0.1) is 0 Å². The van der Waals surface area contributed by atoms with Gasteiger partial charge in [-0.2, -0.15) is 0 Å². The van der Waals surface area contributed by atoms with Gasteiger partial charge in [0, 0.05) is 12.1 Å².